The maximum atomic E-state index is 5.83. The molecule has 1 heterocycles. The first-order chi connectivity index (χ1) is 10.0. The minimum Gasteiger partial charge on any atom is -0.399 e. The maximum absolute atomic E-state index is 5.83. The van der Waals surface area contributed by atoms with Crippen LogP contribution in [0.3, 0.4) is 0 Å². The van der Waals surface area contributed by atoms with Gasteiger partial charge in [-0.15, -0.1) is 0 Å². The molecule has 1 aromatic heterocycles. The van der Waals surface area contributed by atoms with Crippen molar-refractivity contribution >= 4 is 17.6 Å². The smallest absolute Gasteiger partial charge is 0.229 e. The molecule has 110 valence electrons. The molecule has 0 aliphatic heterocycles. The minimum absolute atomic E-state index is 0.315. The largest absolute Gasteiger partial charge is 0.399 e. The van der Waals surface area contributed by atoms with E-state index in [4.69, 9.17) is 11.5 Å². The first kappa shape index (κ1) is 14.8. The zero-order valence-corrected chi connectivity index (χ0v) is 12.3. The van der Waals surface area contributed by atoms with Gasteiger partial charge in [-0.1, -0.05) is 12.1 Å². The highest BCUT2D eigenvalue weighted by atomic mass is 15.2. The molecule has 0 saturated carbocycles. The fourth-order valence-corrected chi connectivity index (χ4v) is 1.93. The minimum atomic E-state index is 0.315. The normalized spacial score (nSPS) is 11.4. The Hall–Kier alpha value is -2.63. The lowest BCUT2D eigenvalue weighted by Gasteiger charge is -2.06. The summed E-state index contributed by atoms with van der Waals surface area (Å²) in [7, 11) is 0. The summed E-state index contributed by atoms with van der Waals surface area (Å²) in [4.78, 5) is 12.8. The van der Waals surface area contributed by atoms with Crippen molar-refractivity contribution in [2.24, 2.45) is 10.7 Å². The van der Waals surface area contributed by atoms with Crippen molar-refractivity contribution in [2.75, 3.05) is 17.6 Å². The quantitative estimate of drug-likeness (QED) is 0.450. The summed E-state index contributed by atoms with van der Waals surface area (Å²) in [5.41, 5.74) is 15.2. The molecule has 0 amide bonds. The van der Waals surface area contributed by atoms with Crippen molar-refractivity contribution in [1.29, 1.82) is 0 Å². The molecular formula is C15H20N6. The summed E-state index contributed by atoms with van der Waals surface area (Å²) in [5, 5.41) is 2.90. The molecule has 0 radical (unpaired) electrons. The van der Waals surface area contributed by atoms with Crippen LogP contribution in [0.2, 0.25) is 0 Å². The molecule has 6 nitrogen and oxygen atoms in total. The Balaban J connectivity index is 1.90. The van der Waals surface area contributed by atoms with E-state index in [-0.39, 0.29) is 0 Å². The number of nitrogen functional groups attached to an aromatic ring is 1. The summed E-state index contributed by atoms with van der Waals surface area (Å²) in [5.74, 6) is 0.789. The fourth-order valence-electron chi connectivity index (χ4n) is 1.93. The Labute approximate surface area is 124 Å². The first-order valence-corrected chi connectivity index (χ1v) is 6.76. The van der Waals surface area contributed by atoms with Crippen molar-refractivity contribution in [3.63, 3.8) is 0 Å². The molecular weight excluding hydrogens is 264 g/mol. The standard InChI is InChI=1S/C15H20N6/c1-10-9-11(2)20-15(19-10)21-14(17)18-8-7-12-3-5-13(16)6-4-12/h3-6,9H,7-8,16H2,1-2H3,(H3,17,18,19,20,21). The van der Waals surface area contributed by atoms with Crippen molar-refractivity contribution in [1.82, 2.24) is 9.97 Å². The predicted octanol–water partition coefficient (Wildman–Crippen LogP) is 1.64. The summed E-state index contributed by atoms with van der Waals surface area (Å²) >= 11 is 0. The fraction of sp³-hybridized carbons (Fsp3) is 0.267. The Bertz CT molecular complexity index is 613. The van der Waals surface area contributed by atoms with E-state index in [2.05, 4.69) is 20.3 Å². The molecule has 0 aliphatic carbocycles. The third-order valence-corrected chi connectivity index (χ3v) is 2.88. The van der Waals surface area contributed by atoms with Gasteiger partial charge in [-0.3, -0.25) is 10.3 Å². The summed E-state index contributed by atoms with van der Waals surface area (Å²) < 4.78 is 0. The Kier molecular flexibility index (Phi) is 4.71. The molecule has 5 N–H and O–H groups in total. The highest BCUT2D eigenvalue weighted by molar-refractivity contribution is 5.90. The Morgan fingerprint density at radius 3 is 2.38 bits per heavy atom. The van der Waals surface area contributed by atoms with Gasteiger partial charge in [0, 0.05) is 23.6 Å². The molecule has 0 bridgehead atoms. The van der Waals surface area contributed by atoms with Gasteiger partial charge in [-0.2, -0.15) is 0 Å². The van der Waals surface area contributed by atoms with E-state index in [0.29, 0.717) is 18.5 Å². The lowest BCUT2D eigenvalue weighted by molar-refractivity contribution is 0.962. The second-order valence-corrected chi connectivity index (χ2v) is 4.86. The van der Waals surface area contributed by atoms with Crippen LogP contribution in [0.5, 0.6) is 0 Å². The Morgan fingerprint density at radius 2 is 1.76 bits per heavy atom. The van der Waals surface area contributed by atoms with Crippen LogP contribution in [0.4, 0.5) is 11.6 Å². The Morgan fingerprint density at radius 1 is 1.14 bits per heavy atom. The monoisotopic (exact) mass is 284 g/mol. The average Bonchev–Trinajstić information content (AvgIpc) is 2.39. The lowest BCUT2D eigenvalue weighted by Crippen LogP contribution is -2.24. The van der Waals surface area contributed by atoms with E-state index >= 15 is 0 Å². The van der Waals surface area contributed by atoms with Gasteiger partial charge in [0.15, 0.2) is 5.96 Å². The number of nitrogens with one attached hydrogen (secondary N) is 1. The first-order valence-electron chi connectivity index (χ1n) is 6.76. The van der Waals surface area contributed by atoms with Gasteiger partial charge in [-0.25, -0.2) is 9.97 Å². The number of aryl methyl sites for hydroxylation is 2. The van der Waals surface area contributed by atoms with E-state index < -0.39 is 0 Å². The molecule has 0 spiro atoms. The predicted molar refractivity (Wildman–Crippen MR) is 86.2 cm³/mol. The second-order valence-electron chi connectivity index (χ2n) is 4.86. The summed E-state index contributed by atoms with van der Waals surface area (Å²) in [6, 6.07) is 9.64. The van der Waals surface area contributed by atoms with Crippen LogP contribution in [-0.4, -0.2) is 22.5 Å². The third-order valence-electron chi connectivity index (χ3n) is 2.88. The van der Waals surface area contributed by atoms with Crippen molar-refractivity contribution in [2.45, 2.75) is 20.3 Å². The van der Waals surface area contributed by atoms with Crippen LogP contribution in [-0.2, 0) is 6.42 Å². The highest BCUT2D eigenvalue weighted by Crippen LogP contribution is 2.06. The molecule has 0 atom stereocenters. The number of hydrogen-bond acceptors (Lipinski definition) is 4. The molecule has 1 aromatic carbocycles. The van der Waals surface area contributed by atoms with Gasteiger partial charge in [0.1, 0.15) is 0 Å². The number of aliphatic imine (C=N–C) groups is 1. The molecule has 0 saturated heterocycles. The molecule has 21 heavy (non-hydrogen) atoms. The zero-order chi connectivity index (χ0) is 15.2. The number of hydrogen-bond donors (Lipinski definition) is 3. The van der Waals surface area contributed by atoms with E-state index in [1.54, 1.807) is 0 Å². The van der Waals surface area contributed by atoms with Crippen LogP contribution in [0, 0.1) is 13.8 Å². The number of anilines is 2. The van der Waals surface area contributed by atoms with Crippen molar-refractivity contribution in [3.05, 3.63) is 47.3 Å². The number of nitrogens with zero attached hydrogens (tertiary/aromatic N) is 3. The van der Waals surface area contributed by atoms with Gasteiger partial charge < -0.3 is 11.5 Å². The molecule has 6 heteroatoms. The van der Waals surface area contributed by atoms with E-state index in [1.165, 1.54) is 5.56 Å². The van der Waals surface area contributed by atoms with Gasteiger partial charge in [-0.05, 0) is 44.0 Å². The number of benzene rings is 1. The van der Waals surface area contributed by atoms with Crippen LogP contribution in [0.25, 0.3) is 0 Å². The van der Waals surface area contributed by atoms with Crippen molar-refractivity contribution < 1.29 is 0 Å². The SMILES string of the molecule is Cc1cc(C)nc(NC(N)=NCCc2ccc(N)cc2)n1. The molecule has 0 unspecified atom stereocenters. The van der Waals surface area contributed by atoms with Gasteiger partial charge in [0.05, 0.1) is 0 Å². The summed E-state index contributed by atoms with van der Waals surface area (Å²) in [6.45, 7) is 4.41. The molecule has 2 rings (SSSR count). The van der Waals surface area contributed by atoms with E-state index in [9.17, 15) is 0 Å². The molecule has 0 fully saturated rings. The third kappa shape index (κ3) is 4.76. The van der Waals surface area contributed by atoms with E-state index in [1.807, 2.05) is 44.2 Å². The lowest BCUT2D eigenvalue weighted by atomic mass is 10.1. The molecule has 0 aliphatic rings. The van der Waals surface area contributed by atoms with Crippen LogP contribution < -0.4 is 16.8 Å². The van der Waals surface area contributed by atoms with Gasteiger partial charge >= 0.3 is 0 Å². The molecule has 2 aromatic rings. The number of rotatable bonds is 4. The summed E-state index contributed by atoms with van der Waals surface area (Å²) in [6.07, 6.45) is 0.802. The second kappa shape index (κ2) is 6.69. The van der Waals surface area contributed by atoms with Gasteiger partial charge in [0.25, 0.3) is 0 Å². The van der Waals surface area contributed by atoms with Crippen LogP contribution in [0.1, 0.15) is 17.0 Å². The maximum Gasteiger partial charge on any atom is 0.229 e. The number of guanidine groups is 1. The highest BCUT2D eigenvalue weighted by Gasteiger charge is 2.00. The van der Waals surface area contributed by atoms with Crippen LogP contribution in [0.15, 0.2) is 35.3 Å². The van der Waals surface area contributed by atoms with Crippen LogP contribution >= 0.6 is 0 Å². The van der Waals surface area contributed by atoms with Crippen molar-refractivity contribution in [3.8, 4) is 0 Å². The van der Waals surface area contributed by atoms with Gasteiger partial charge in [0.2, 0.25) is 5.95 Å². The number of nitrogens with two attached hydrogens (primary N) is 2. The average molecular weight is 284 g/mol. The topological polar surface area (TPSA) is 102 Å². The zero-order valence-electron chi connectivity index (χ0n) is 12.3. The number of aromatic nitrogens is 2. The van der Waals surface area contributed by atoms with E-state index in [0.717, 1.165) is 23.5 Å².